The van der Waals surface area contributed by atoms with E-state index in [1.54, 1.807) is 19.2 Å². The molecule has 2 atom stereocenters. The predicted octanol–water partition coefficient (Wildman–Crippen LogP) is 2.55. The van der Waals surface area contributed by atoms with Crippen LogP contribution in [-0.4, -0.2) is 61.5 Å². The van der Waals surface area contributed by atoms with Crippen molar-refractivity contribution in [1.29, 1.82) is 0 Å². The average Bonchev–Trinajstić information content (AvgIpc) is 3.14. The van der Waals surface area contributed by atoms with Gasteiger partial charge in [0.25, 0.3) is 0 Å². The smallest absolute Gasteiger partial charge is 0.221 e. The van der Waals surface area contributed by atoms with Gasteiger partial charge < -0.3 is 24.6 Å². The molecular weight excluding hydrogens is 372 g/mol. The van der Waals surface area contributed by atoms with E-state index in [2.05, 4.69) is 10.2 Å². The van der Waals surface area contributed by atoms with Crippen LogP contribution in [0.25, 0.3) is 0 Å². The van der Waals surface area contributed by atoms with Crippen molar-refractivity contribution in [3.05, 3.63) is 48.5 Å². The van der Waals surface area contributed by atoms with Gasteiger partial charge in [0.1, 0.15) is 36.1 Å². The third-order valence-corrected chi connectivity index (χ3v) is 4.69. The van der Waals surface area contributed by atoms with E-state index in [4.69, 9.17) is 14.2 Å². The molecular formula is C22H28N2O5. The minimum atomic E-state index is -0.639. The number of carbonyl (C=O) groups is 1. The Hall–Kier alpha value is -2.77. The minimum Gasteiger partial charge on any atom is -0.497 e. The molecule has 0 aliphatic carbocycles. The second-order valence-corrected chi connectivity index (χ2v) is 7.11. The van der Waals surface area contributed by atoms with Crippen molar-refractivity contribution in [1.82, 2.24) is 4.90 Å². The number of aliphatic hydroxyl groups excluding tert-OH is 1. The standard InChI is InChI=1S/C22H28N2O5/c1-16(25)23-21-5-3-4-6-22(21)28-15-17(26)13-24-12-11-20(14-24)29-19-9-7-18(27-2)8-10-19/h3-10,17,20,26H,11-15H2,1-2H3,(H,23,25). The van der Waals surface area contributed by atoms with Crippen molar-refractivity contribution in [2.24, 2.45) is 0 Å². The van der Waals surface area contributed by atoms with Crippen LogP contribution in [-0.2, 0) is 4.79 Å². The van der Waals surface area contributed by atoms with Crippen LogP contribution in [0.1, 0.15) is 13.3 Å². The summed E-state index contributed by atoms with van der Waals surface area (Å²) in [6, 6.07) is 14.7. The predicted molar refractivity (Wildman–Crippen MR) is 111 cm³/mol. The fraction of sp³-hybridized carbons (Fsp3) is 0.409. The lowest BCUT2D eigenvalue weighted by Gasteiger charge is -2.21. The highest BCUT2D eigenvalue weighted by atomic mass is 16.5. The first kappa shape index (κ1) is 21.0. The van der Waals surface area contributed by atoms with E-state index < -0.39 is 6.10 Å². The number of β-amino-alcohol motifs (C(OH)–C–C–N with tert-alkyl or cyclic N) is 1. The summed E-state index contributed by atoms with van der Waals surface area (Å²) in [4.78, 5) is 13.5. The minimum absolute atomic E-state index is 0.0944. The number of hydrogen-bond acceptors (Lipinski definition) is 6. The summed E-state index contributed by atoms with van der Waals surface area (Å²) in [7, 11) is 1.64. The molecule has 2 unspecified atom stereocenters. The second-order valence-electron chi connectivity index (χ2n) is 7.11. The lowest BCUT2D eigenvalue weighted by atomic mass is 10.3. The number of aliphatic hydroxyl groups is 1. The zero-order valence-corrected chi connectivity index (χ0v) is 16.8. The molecule has 0 bridgehead atoms. The van der Waals surface area contributed by atoms with Crippen molar-refractivity contribution in [3.8, 4) is 17.2 Å². The third-order valence-electron chi connectivity index (χ3n) is 4.69. The van der Waals surface area contributed by atoms with Crippen LogP contribution in [0.15, 0.2) is 48.5 Å². The largest absolute Gasteiger partial charge is 0.497 e. The number of nitrogens with zero attached hydrogens (tertiary/aromatic N) is 1. The molecule has 1 fully saturated rings. The van der Waals surface area contributed by atoms with Crippen LogP contribution >= 0.6 is 0 Å². The molecule has 0 spiro atoms. The molecule has 1 heterocycles. The SMILES string of the molecule is COc1ccc(OC2CCN(CC(O)COc3ccccc3NC(C)=O)C2)cc1. The summed E-state index contributed by atoms with van der Waals surface area (Å²) in [6.07, 6.45) is 0.363. The molecule has 1 aliphatic rings. The summed E-state index contributed by atoms with van der Waals surface area (Å²) in [5.74, 6) is 2.00. The molecule has 7 heteroatoms. The van der Waals surface area contributed by atoms with Crippen molar-refractivity contribution >= 4 is 11.6 Å². The van der Waals surface area contributed by atoms with Gasteiger partial charge in [-0.25, -0.2) is 0 Å². The molecule has 0 radical (unpaired) electrons. The Balaban J connectivity index is 1.43. The maximum atomic E-state index is 11.3. The van der Waals surface area contributed by atoms with E-state index >= 15 is 0 Å². The van der Waals surface area contributed by atoms with Gasteiger partial charge in [0, 0.05) is 26.6 Å². The van der Waals surface area contributed by atoms with E-state index in [1.807, 2.05) is 36.4 Å². The molecule has 1 amide bonds. The van der Waals surface area contributed by atoms with Crippen LogP contribution in [0.2, 0.25) is 0 Å². The molecule has 3 rings (SSSR count). The first-order valence-corrected chi connectivity index (χ1v) is 9.74. The number of anilines is 1. The van der Waals surface area contributed by atoms with E-state index in [1.165, 1.54) is 6.92 Å². The van der Waals surface area contributed by atoms with E-state index in [9.17, 15) is 9.90 Å². The van der Waals surface area contributed by atoms with Gasteiger partial charge in [0.15, 0.2) is 0 Å². The van der Waals surface area contributed by atoms with Gasteiger partial charge in [-0.15, -0.1) is 0 Å². The Bertz CT molecular complexity index is 796. The number of ether oxygens (including phenoxy) is 3. The lowest BCUT2D eigenvalue weighted by molar-refractivity contribution is -0.114. The maximum Gasteiger partial charge on any atom is 0.221 e. The second kappa shape index (κ2) is 10.1. The Kier molecular flexibility index (Phi) is 7.32. The van der Waals surface area contributed by atoms with Gasteiger partial charge in [-0.05, 0) is 42.8 Å². The molecule has 0 aromatic heterocycles. The van der Waals surface area contributed by atoms with E-state index in [0.29, 0.717) is 18.0 Å². The van der Waals surface area contributed by atoms with Crippen molar-refractivity contribution in [3.63, 3.8) is 0 Å². The van der Waals surface area contributed by atoms with E-state index in [-0.39, 0.29) is 18.6 Å². The number of carbonyl (C=O) groups excluding carboxylic acids is 1. The number of benzene rings is 2. The highest BCUT2D eigenvalue weighted by molar-refractivity contribution is 5.90. The summed E-state index contributed by atoms with van der Waals surface area (Å²) >= 11 is 0. The highest BCUT2D eigenvalue weighted by Crippen LogP contribution is 2.24. The van der Waals surface area contributed by atoms with Crippen molar-refractivity contribution in [2.45, 2.75) is 25.6 Å². The number of methoxy groups -OCH3 is 1. The molecule has 29 heavy (non-hydrogen) atoms. The van der Waals surface area contributed by atoms with Gasteiger partial charge in [0.2, 0.25) is 5.91 Å². The molecule has 2 aromatic carbocycles. The van der Waals surface area contributed by atoms with Gasteiger partial charge in [-0.2, -0.15) is 0 Å². The van der Waals surface area contributed by atoms with Gasteiger partial charge >= 0.3 is 0 Å². The zero-order valence-electron chi connectivity index (χ0n) is 16.8. The molecule has 1 saturated heterocycles. The van der Waals surface area contributed by atoms with Gasteiger partial charge in [-0.1, -0.05) is 12.1 Å². The molecule has 0 saturated carbocycles. The Morgan fingerprint density at radius 1 is 1.21 bits per heavy atom. The quantitative estimate of drug-likeness (QED) is 0.673. The molecule has 2 aromatic rings. The number of likely N-dealkylation sites (tertiary alicyclic amines) is 1. The first-order valence-electron chi connectivity index (χ1n) is 9.74. The Labute approximate surface area is 171 Å². The van der Waals surface area contributed by atoms with E-state index in [0.717, 1.165) is 31.0 Å². The zero-order chi connectivity index (χ0) is 20.6. The number of rotatable bonds is 9. The molecule has 156 valence electrons. The molecule has 2 N–H and O–H groups in total. The van der Waals surface area contributed by atoms with Gasteiger partial charge in [0.05, 0.1) is 12.8 Å². The Morgan fingerprint density at radius 2 is 1.93 bits per heavy atom. The number of amides is 1. The number of para-hydroxylation sites is 2. The fourth-order valence-electron chi connectivity index (χ4n) is 3.33. The average molecular weight is 400 g/mol. The van der Waals surface area contributed by atoms with Crippen molar-refractivity contribution < 1.29 is 24.1 Å². The highest BCUT2D eigenvalue weighted by Gasteiger charge is 2.25. The summed E-state index contributed by atoms with van der Waals surface area (Å²) in [5, 5.41) is 13.1. The normalized spacial score (nSPS) is 17.6. The van der Waals surface area contributed by atoms with Crippen LogP contribution in [0.5, 0.6) is 17.2 Å². The van der Waals surface area contributed by atoms with Crippen LogP contribution < -0.4 is 19.5 Å². The lowest BCUT2D eigenvalue weighted by Crippen LogP contribution is -2.35. The van der Waals surface area contributed by atoms with Crippen LogP contribution in [0.4, 0.5) is 5.69 Å². The topological polar surface area (TPSA) is 80.3 Å². The first-order chi connectivity index (χ1) is 14.0. The van der Waals surface area contributed by atoms with Crippen LogP contribution in [0.3, 0.4) is 0 Å². The summed E-state index contributed by atoms with van der Waals surface area (Å²) in [5.41, 5.74) is 0.598. The van der Waals surface area contributed by atoms with Crippen LogP contribution in [0, 0.1) is 0 Å². The number of nitrogens with one attached hydrogen (secondary N) is 1. The maximum absolute atomic E-state index is 11.3. The van der Waals surface area contributed by atoms with Gasteiger partial charge in [-0.3, -0.25) is 9.69 Å². The molecule has 1 aliphatic heterocycles. The number of hydrogen-bond donors (Lipinski definition) is 2. The van der Waals surface area contributed by atoms with Crippen molar-refractivity contribution in [2.75, 3.05) is 38.7 Å². The monoisotopic (exact) mass is 400 g/mol. The Morgan fingerprint density at radius 3 is 2.66 bits per heavy atom. The summed E-state index contributed by atoms with van der Waals surface area (Å²) in [6.45, 7) is 3.72. The molecule has 7 nitrogen and oxygen atoms in total. The third kappa shape index (κ3) is 6.37. The fourth-order valence-corrected chi connectivity index (χ4v) is 3.33. The summed E-state index contributed by atoms with van der Waals surface area (Å²) < 4.78 is 16.9.